The molecule has 0 saturated carbocycles. The van der Waals surface area contributed by atoms with Crippen molar-refractivity contribution in [3.05, 3.63) is 114 Å². The highest BCUT2D eigenvalue weighted by Gasteiger charge is 2.39. The van der Waals surface area contributed by atoms with E-state index in [-0.39, 0.29) is 18.0 Å². The van der Waals surface area contributed by atoms with Gasteiger partial charge in [-0.3, -0.25) is 4.90 Å². The molecule has 8 nitrogen and oxygen atoms in total. The van der Waals surface area contributed by atoms with Crippen LogP contribution in [-0.4, -0.2) is 33.3 Å². The average Bonchev–Trinajstić information content (AvgIpc) is 3.43. The quantitative estimate of drug-likeness (QED) is 0.288. The number of anilines is 1. The maximum Gasteiger partial charge on any atom is 0.423 e. The van der Waals surface area contributed by atoms with Crippen LogP contribution in [0.4, 0.5) is 28.4 Å². The molecule has 0 radical (unpaired) electrons. The van der Waals surface area contributed by atoms with E-state index in [0.717, 1.165) is 21.9 Å². The van der Waals surface area contributed by atoms with E-state index in [9.17, 15) is 22.8 Å². The third kappa shape index (κ3) is 5.02. The van der Waals surface area contributed by atoms with Crippen molar-refractivity contribution >= 4 is 23.4 Å². The molecule has 1 aromatic heterocycles. The first-order valence-corrected chi connectivity index (χ1v) is 12.0. The third-order valence-electron chi connectivity index (χ3n) is 6.30. The number of halogens is 3. The molecule has 0 fully saturated rings. The minimum Gasteiger partial charge on any atom is -0.410 e. The van der Waals surface area contributed by atoms with Crippen LogP contribution in [0.25, 0.3) is 11.3 Å². The van der Waals surface area contributed by atoms with E-state index in [0.29, 0.717) is 28.2 Å². The number of nitriles is 1. The number of imide groups is 1. The Labute approximate surface area is 226 Å². The van der Waals surface area contributed by atoms with Gasteiger partial charge in [-0.05, 0) is 67.6 Å². The zero-order chi connectivity index (χ0) is 28.4. The van der Waals surface area contributed by atoms with Crippen LogP contribution in [0.15, 0.2) is 96.8 Å². The van der Waals surface area contributed by atoms with Crippen LogP contribution in [0, 0.1) is 11.3 Å². The molecule has 200 valence electrons. The van der Waals surface area contributed by atoms with Crippen molar-refractivity contribution < 1.29 is 27.5 Å². The molecule has 5 rings (SSSR count). The number of amides is 3. The topological polar surface area (TPSA) is 91.5 Å². The lowest BCUT2D eigenvalue weighted by molar-refractivity contribution is -0.137. The predicted octanol–water partition coefficient (Wildman–Crippen LogP) is 6.63. The number of hydrogen-bond acceptors (Lipinski definition) is 5. The number of nitrogens with zero attached hydrogens (tertiary/aromatic N) is 5. The summed E-state index contributed by atoms with van der Waals surface area (Å²) in [6.45, 7) is 1.36. The lowest BCUT2D eigenvalue weighted by atomic mass is 10.0. The van der Waals surface area contributed by atoms with Crippen molar-refractivity contribution in [2.75, 3.05) is 11.4 Å². The molecule has 11 heteroatoms. The number of benzene rings is 3. The fraction of sp³-hybridized carbons (Fsp3) is 0.103. The Morgan fingerprint density at radius 1 is 0.975 bits per heavy atom. The average molecular weight is 544 g/mol. The van der Waals surface area contributed by atoms with Gasteiger partial charge in [-0.25, -0.2) is 19.2 Å². The lowest BCUT2D eigenvalue weighted by Gasteiger charge is -2.36. The summed E-state index contributed by atoms with van der Waals surface area (Å²) < 4.78 is 47.6. The summed E-state index contributed by atoms with van der Waals surface area (Å²) in [7, 11) is 0. The van der Waals surface area contributed by atoms with Crippen LogP contribution in [0.3, 0.4) is 0 Å². The van der Waals surface area contributed by atoms with Crippen molar-refractivity contribution in [2.45, 2.75) is 13.1 Å². The first-order chi connectivity index (χ1) is 19.2. The van der Waals surface area contributed by atoms with E-state index in [1.807, 2.05) is 6.07 Å². The Balaban J connectivity index is 1.62. The molecule has 0 N–H and O–H groups in total. The van der Waals surface area contributed by atoms with Crippen LogP contribution in [0.5, 0.6) is 5.75 Å². The van der Waals surface area contributed by atoms with Gasteiger partial charge in [-0.15, -0.1) is 0 Å². The Bertz CT molecular complexity index is 1650. The van der Waals surface area contributed by atoms with Gasteiger partial charge in [0.2, 0.25) is 0 Å². The van der Waals surface area contributed by atoms with Gasteiger partial charge < -0.3 is 4.74 Å². The van der Waals surface area contributed by atoms with E-state index in [1.54, 1.807) is 72.3 Å². The number of carbonyl (C=O) groups excluding carboxylic acids is 2. The van der Waals surface area contributed by atoms with E-state index in [1.165, 1.54) is 18.3 Å². The Kier molecular flexibility index (Phi) is 6.83. The van der Waals surface area contributed by atoms with Gasteiger partial charge in [0.1, 0.15) is 5.75 Å². The molecule has 4 aromatic rings. The number of para-hydroxylation sites is 1. The van der Waals surface area contributed by atoms with Gasteiger partial charge in [-0.2, -0.15) is 23.5 Å². The number of urea groups is 1. The molecule has 0 saturated heterocycles. The Hall–Kier alpha value is -5.37. The molecular weight excluding hydrogens is 523 g/mol. The lowest BCUT2D eigenvalue weighted by Crippen LogP contribution is -2.51. The van der Waals surface area contributed by atoms with Crippen molar-refractivity contribution in [1.82, 2.24) is 14.7 Å². The van der Waals surface area contributed by atoms with Crippen LogP contribution in [0.1, 0.15) is 23.7 Å². The molecule has 1 aliphatic rings. The van der Waals surface area contributed by atoms with Crippen LogP contribution >= 0.6 is 0 Å². The third-order valence-corrected chi connectivity index (χ3v) is 6.30. The summed E-state index contributed by atoms with van der Waals surface area (Å²) >= 11 is 0. The zero-order valence-electron chi connectivity index (χ0n) is 21.0. The molecule has 0 spiro atoms. The van der Waals surface area contributed by atoms with E-state index in [4.69, 9.17) is 10.00 Å². The molecule has 3 amide bonds. The molecule has 0 bridgehead atoms. The molecule has 0 unspecified atom stereocenters. The second-order valence-electron chi connectivity index (χ2n) is 8.78. The predicted molar refractivity (Wildman–Crippen MR) is 139 cm³/mol. The summed E-state index contributed by atoms with van der Waals surface area (Å²) in [4.78, 5) is 28.8. The first-order valence-electron chi connectivity index (χ1n) is 12.0. The van der Waals surface area contributed by atoms with E-state index < -0.39 is 23.9 Å². The highest BCUT2D eigenvalue weighted by molar-refractivity contribution is 6.07. The fourth-order valence-corrected chi connectivity index (χ4v) is 4.33. The van der Waals surface area contributed by atoms with Crippen molar-refractivity contribution in [1.29, 1.82) is 5.26 Å². The SMILES string of the molecule is CC1=C(c2ccnn2-c2ccc(C#N)cc2)CN(C(=O)Oc2ccccc2)C(=O)N1c1cccc(C(F)(F)F)c1. The Morgan fingerprint density at radius 2 is 1.70 bits per heavy atom. The molecule has 1 aliphatic heterocycles. The normalized spacial score (nSPS) is 13.8. The minimum atomic E-state index is -4.64. The number of allylic oxidation sites excluding steroid dienone is 1. The minimum absolute atomic E-state index is 0.0727. The first kappa shape index (κ1) is 26.2. The maximum atomic E-state index is 13.7. The molecule has 2 heterocycles. The molecule has 3 aromatic carbocycles. The summed E-state index contributed by atoms with van der Waals surface area (Å²) in [6, 6.07) is 21.9. The summed E-state index contributed by atoms with van der Waals surface area (Å²) in [6.07, 6.45) is -4.12. The summed E-state index contributed by atoms with van der Waals surface area (Å²) in [5, 5.41) is 13.5. The van der Waals surface area contributed by atoms with Crippen molar-refractivity contribution in [3.63, 3.8) is 0 Å². The van der Waals surface area contributed by atoms with Gasteiger partial charge in [-0.1, -0.05) is 24.3 Å². The zero-order valence-corrected chi connectivity index (χ0v) is 21.0. The number of rotatable bonds is 4. The molecule has 0 aliphatic carbocycles. The summed E-state index contributed by atoms with van der Waals surface area (Å²) in [5.74, 6) is 0.196. The second-order valence-corrected chi connectivity index (χ2v) is 8.78. The summed E-state index contributed by atoms with van der Waals surface area (Å²) in [5.41, 5.74) is 1.27. The smallest absolute Gasteiger partial charge is 0.410 e. The fourth-order valence-electron chi connectivity index (χ4n) is 4.33. The number of alkyl halides is 3. The van der Waals surface area contributed by atoms with Crippen LogP contribution < -0.4 is 9.64 Å². The molecule has 40 heavy (non-hydrogen) atoms. The largest absolute Gasteiger partial charge is 0.423 e. The van der Waals surface area contributed by atoms with E-state index in [2.05, 4.69) is 5.10 Å². The van der Waals surface area contributed by atoms with Gasteiger partial charge in [0.15, 0.2) is 0 Å². The standard InChI is InChI=1S/C29H20F3N5O3/c1-19-25(26-14-15-34-37(26)22-12-10-20(17-33)11-13-22)18-35(28(39)40-24-8-3-2-4-9-24)27(38)36(19)23-7-5-6-21(16-23)29(30,31)32/h2-16H,18H2,1H3. The number of aromatic nitrogens is 2. The highest BCUT2D eigenvalue weighted by atomic mass is 19.4. The van der Waals surface area contributed by atoms with Gasteiger partial charge in [0, 0.05) is 11.3 Å². The molecular formula is C29H20F3N5O3. The maximum absolute atomic E-state index is 13.7. The van der Waals surface area contributed by atoms with E-state index >= 15 is 0 Å². The number of ether oxygens (including phenoxy) is 1. The molecule has 0 atom stereocenters. The van der Waals surface area contributed by atoms with Gasteiger partial charge in [0.25, 0.3) is 0 Å². The van der Waals surface area contributed by atoms with Gasteiger partial charge in [0.05, 0.1) is 47.0 Å². The Morgan fingerprint density at radius 3 is 2.38 bits per heavy atom. The monoisotopic (exact) mass is 543 g/mol. The second kappa shape index (κ2) is 10.4. The number of hydrogen-bond donors (Lipinski definition) is 0. The van der Waals surface area contributed by atoms with Gasteiger partial charge >= 0.3 is 18.3 Å². The highest BCUT2D eigenvalue weighted by Crippen LogP contribution is 2.37. The van der Waals surface area contributed by atoms with Crippen molar-refractivity contribution in [2.24, 2.45) is 0 Å². The van der Waals surface area contributed by atoms with Crippen LogP contribution in [0.2, 0.25) is 0 Å². The van der Waals surface area contributed by atoms with Crippen LogP contribution in [-0.2, 0) is 6.18 Å². The van der Waals surface area contributed by atoms with Crippen molar-refractivity contribution in [3.8, 4) is 17.5 Å². The number of carbonyl (C=O) groups is 2.